The molecule has 2 aromatic rings. The van der Waals surface area contributed by atoms with Crippen LogP contribution in [0.4, 0.5) is 0 Å². The quantitative estimate of drug-likeness (QED) is 0.788. The molecule has 2 rings (SSSR count). The zero-order valence-corrected chi connectivity index (χ0v) is 11.6. The lowest BCUT2D eigenvalue weighted by Gasteiger charge is -2.07. The van der Waals surface area contributed by atoms with E-state index >= 15 is 0 Å². The molecule has 0 spiro atoms. The number of nitrogens with one attached hydrogen (secondary N) is 2. The number of benzene rings is 1. The second-order valence-corrected chi connectivity index (χ2v) is 4.66. The molecule has 1 aromatic heterocycles. The Labute approximate surface area is 119 Å². The van der Waals surface area contributed by atoms with Crippen molar-refractivity contribution in [1.29, 1.82) is 0 Å². The molecule has 0 saturated heterocycles. The fourth-order valence-corrected chi connectivity index (χ4v) is 1.81. The van der Waals surface area contributed by atoms with Crippen molar-refractivity contribution in [3.63, 3.8) is 0 Å². The first-order valence-corrected chi connectivity index (χ1v) is 6.70. The predicted molar refractivity (Wildman–Crippen MR) is 79.5 cm³/mol. The first-order valence-electron chi connectivity index (χ1n) is 6.70. The summed E-state index contributed by atoms with van der Waals surface area (Å²) < 4.78 is 0. The van der Waals surface area contributed by atoms with Gasteiger partial charge in [-0.2, -0.15) is 0 Å². The Morgan fingerprint density at radius 3 is 2.65 bits per heavy atom. The molecule has 0 aliphatic carbocycles. The minimum absolute atomic E-state index is 0.0341. The summed E-state index contributed by atoms with van der Waals surface area (Å²) in [4.78, 5) is 15.9. The molecule has 20 heavy (non-hydrogen) atoms. The predicted octanol–water partition coefficient (Wildman–Crippen LogP) is 1.91. The molecule has 0 unspecified atom stereocenters. The maximum atomic E-state index is 11.8. The molecule has 4 nitrogen and oxygen atoms in total. The lowest BCUT2D eigenvalue weighted by Crippen LogP contribution is -2.31. The Morgan fingerprint density at radius 2 is 1.95 bits per heavy atom. The molecule has 0 aliphatic rings. The highest BCUT2D eigenvalue weighted by atomic mass is 16.1. The van der Waals surface area contributed by atoms with Crippen molar-refractivity contribution in [3.8, 4) is 0 Å². The number of rotatable bonds is 6. The first kappa shape index (κ1) is 14.2. The Kier molecular flexibility index (Phi) is 5.26. The van der Waals surface area contributed by atoms with E-state index in [1.165, 1.54) is 0 Å². The number of amides is 1. The smallest absolute Gasteiger partial charge is 0.251 e. The highest BCUT2D eigenvalue weighted by Gasteiger charge is 2.03. The fraction of sp³-hybridized carbons (Fsp3) is 0.250. The summed E-state index contributed by atoms with van der Waals surface area (Å²) in [7, 11) is 0. The van der Waals surface area contributed by atoms with Gasteiger partial charge >= 0.3 is 0 Å². The van der Waals surface area contributed by atoms with Gasteiger partial charge in [-0.25, -0.2) is 0 Å². The van der Waals surface area contributed by atoms with E-state index in [1.807, 2.05) is 49.5 Å². The van der Waals surface area contributed by atoms with E-state index in [2.05, 4.69) is 15.6 Å². The maximum absolute atomic E-state index is 11.8. The maximum Gasteiger partial charge on any atom is 0.251 e. The van der Waals surface area contributed by atoms with Crippen molar-refractivity contribution in [2.45, 2.75) is 13.5 Å². The van der Waals surface area contributed by atoms with Crippen LogP contribution < -0.4 is 10.6 Å². The highest BCUT2D eigenvalue weighted by Crippen LogP contribution is 2.02. The minimum atomic E-state index is -0.0341. The van der Waals surface area contributed by atoms with Crippen molar-refractivity contribution < 1.29 is 4.79 Å². The SMILES string of the molecule is Cc1ccc(C(=O)NCCNCc2cccnc2)cc1. The molecule has 0 saturated carbocycles. The minimum Gasteiger partial charge on any atom is -0.351 e. The number of pyridine rings is 1. The number of hydrogen-bond donors (Lipinski definition) is 2. The summed E-state index contributed by atoms with van der Waals surface area (Å²) in [5.74, 6) is -0.0341. The molecule has 1 aromatic carbocycles. The number of carbonyl (C=O) groups excluding carboxylic acids is 1. The summed E-state index contributed by atoms with van der Waals surface area (Å²) >= 11 is 0. The van der Waals surface area contributed by atoms with E-state index in [4.69, 9.17) is 0 Å². The van der Waals surface area contributed by atoms with Gasteiger partial charge in [0.2, 0.25) is 0 Å². The van der Waals surface area contributed by atoms with Crippen LogP contribution >= 0.6 is 0 Å². The van der Waals surface area contributed by atoms with Crippen LogP contribution in [0.1, 0.15) is 21.5 Å². The summed E-state index contributed by atoms with van der Waals surface area (Å²) in [6, 6.07) is 11.5. The number of hydrogen-bond acceptors (Lipinski definition) is 3. The third-order valence-corrected chi connectivity index (χ3v) is 2.95. The molecule has 0 atom stereocenters. The van der Waals surface area contributed by atoms with Gasteiger partial charge in [-0.3, -0.25) is 9.78 Å². The molecule has 2 N–H and O–H groups in total. The second kappa shape index (κ2) is 7.40. The van der Waals surface area contributed by atoms with Gasteiger partial charge in [-0.15, -0.1) is 0 Å². The van der Waals surface area contributed by atoms with E-state index in [9.17, 15) is 4.79 Å². The van der Waals surface area contributed by atoms with E-state index in [-0.39, 0.29) is 5.91 Å². The van der Waals surface area contributed by atoms with Crippen LogP contribution in [0, 0.1) is 6.92 Å². The zero-order chi connectivity index (χ0) is 14.2. The van der Waals surface area contributed by atoms with Gasteiger partial charge in [0.05, 0.1) is 0 Å². The summed E-state index contributed by atoms with van der Waals surface area (Å²) in [6.45, 7) is 4.09. The van der Waals surface area contributed by atoms with E-state index in [0.717, 1.165) is 24.2 Å². The molecule has 1 heterocycles. The van der Waals surface area contributed by atoms with Crippen LogP contribution in [-0.2, 0) is 6.54 Å². The van der Waals surface area contributed by atoms with Crippen molar-refractivity contribution >= 4 is 5.91 Å². The number of carbonyl (C=O) groups is 1. The Balaban J connectivity index is 1.66. The van der Waals surface area contributed by atoms with Crippen molar-refractivity contribution in [1.82, 2.24) is 15.6 Å². The van der Waals surface area contributed by atoms with Crippen LogP contribution in [-0.4, -0.2) is 24.0 Å². The van der Waals surface area contributed by atoms with Gasteiger partial charge in [0.25, 0.3) is 5.91 Å². The summed E-state index contributed by atoms with van der Waals surface area (Å²) in [6.07, 6.45) is 3.59. The van der Waals surface area contributed by atoms with E-state index in [0.29, 0.717) is 12.1 Å². The highest BCUT2D eigenvalue weighted by molar-refractivity contribution is 5.94. The van der Waals surface area contributed by atoms with Crippen LogP contribution in [0.5, 0.6) is 0 Å². The Hall–Kier alpha value is -2.20. The molecule has 104 valence electrons. The zero-order valence-electron chi connectivity index (χ0n) is 11.6. The monoisotopic (exact) mass is 269 g/mol. The third-order valence-electron chi connectivity index (χ3n) is 2.95. The van der Waals surface area contributed by atoms with Gasteiger partial charge in [0, 0.05) is 37.6 Å². The van der Waals surface area contributed by atoms with Crippen LogP contribution in [0.15, 0.2) is 48.8 Å². The molecular weight excluding hydrogens is 250 g/mol. The van der Waals surface area contributed by atoms with Crippen LogP contribution in [0.25, 0.3) is 0 Å². The topological polar surface area (TPSA) is 54.0 Å². The van der Waals surface area contributed by atoms with Crippen molar-refractivity contribution in [2.75, 3.05) is 13.1 Å². The molecule has 0 aliphatic heterocycles. The van der Waals surface area contributed by atoms with Gasteiger partial charge in [0.15, 0.2) is 0 Å². The lowest BCUT2D eigenvalue weighted by molar-refractivity contribution is 0.0954. The molecule has 0 radical (unpaired) electrons. The molecule has 1 amide bonds. The standard InChI is InChI=1S/C16H19N3O/c1-13-4-6-15(7-5-13)16(20)19-10-9-18-12-14-3-2-8-17-11-14/h2-8,11,18H,9-10,12H2,1H3,(H,19,20). The average Bonchev–Trinajstić information content (AvgIpc) is 2.48. The number of aryl methyl sites for hydroxylation is 1. The normalized spacial score (nSPS) is 10.2. The van der Waals surface area contributed by atoms with Gasteiger partial charge in [0.1, 0.15) is 0 Å². The summed E-state index contributed by atoms with van der Waals surface area (Å²) in [5, 5.41) is 6.15. The van der Waals surface area contributed by atoms with E-state index < -0.39 is 0 Å². The van der Waals surface area contributed by atoms with Crippen molar-refractivity contribution in [2.24, 2.45) is 0 Å². The molecule has 0 bridgehead atoms. The van der Waals surface area contributed by atoms with Gasteiger partial charge in [-0.1, -0.05) is 23.8 Å². The van der Waals surface area contributed by atoms with Crippen LogP contribution in [0.2, 0.25) is 0 Å². The van der Waals surface area contributed by atoms with Crippen molar-refractivity contribution in [3.05, 3.63) is 65.5 Å². The largest absolute Gasteiger partial charge is 0.351 e. The first-order chi connectivity index (χ1) is 9.75. The Bertz CT molecular complexity index is 537. The fourth-order valence-electron chi connectivity index (χ4n) is 1.81. The van der Waals surface area contributed by atoms with Crippen LogP contribution in [0.3, 0.4) is 0 Å². The Morgan fingerprint density at radius 1 is 1.15 bits per heavy atom. The second-order valence-electron chi connectivity index (χ2n) is 4.66. The van der Waals surface area contributed by atoms with Gasteiger partial charge < -0.3 is 10.6 Å². The third kappa shape index (κ3) is 4.48. The number of nitrogens with zero attached hydrogens (tertiary/aromatic N) is 1. The van der Waals surface area contributed by atoms with E-state index in [1.54, 1.807) is 6.20 Å². The van der Waals surface area contributed by atoms with Gasteiger partial charge in [-0.05, 0) is 30.7 Å². The molecular formula is C16H19N3O. The molecule has 0 fully saturated rings. The lowest BCUT2D eigenvalue weighted by atomic mass is 10.1. The summed E-state index contributed by atoms with van der Waals surface area (Å²) in [5.41, 5.74) is 2.99. The molecule has 4 heteroatoms. The number of aromatic nitrogens is 1. The average molecular weight is 269 g/mol.